The van der Waals surface area contributed by atoms with Gasteiger partial charge >= 0.3 is 0 Å². The first kappa shape index (κ1) is 15.8. The number of piperidine rings is 2. The molecule has 0 aromatic carbocycles. The van der Waals surface area contributed by atoms with E-state index in [-0.39, 0.29) is 0 Å². The Labute approximate surface area is 131 Å². The first-order valence-electron chi connectivity index (χ1n) is 9.50. The molecule has 21 heavy (non-hydrogen) atoms. The standard InChI is InChI=1S/C18H35N3/c1-3-17-14-20-10-6-5-7-18(20)15-21(17)13-16-8-11-19(4-2)12-9-16/h16-18H,3-15H2,1-2H3. The molecule has 0 aliphatic carbocycles. The SMILES string of the molecule is CCC1CN2CCCCC2CN1CC1CCN(CC)CC1. The van der Waals surface area contributed by atoms with Gasteiger partial charge in [0.2, 0.25) is 0 Å². The van der Waals surface area contributed by atoms with Crippen LogP contribution in [0.1, 0.15) is 52.4 Å². The Kier molecular flexibility index (Phi) is 5.58. The largest absolute Gasteiger partial charge is 0.304 e. The van der Waals surface area contributed by atoms with Crippen LogP contribution in [0.5, 0.6) is 0 Å². The number of piperazine rings is 1. The third-order valence-electron chi connectivity index (χ3n) is 6.27. The maximum atomic E-state index is 2.87. The van der Waals surface area contributed by atoms with Crippen LogP contribution in [0.25, 0.3) is 0 Å². The molecular formula is C18H35N3. The molecule has 3 saturated heterocycles. The van der Waals surface area contributed by atoms with E-state index in [0.717, 1.165) is 18.0 Å². The summed E-state index contributed by atoms with van der Waals surface area (Å²) in [6.45, 7) is 14.0. The number of hydrogen-bond acceptors (Lipinski definition) is 3. The van der Waals surface area contributed by atoms with Crippen LogP contribution in [0, 0.1) is 5.92 Å². The molecule has 2 unspecified atom stereocenters. The Bertz CT molecular complexity index is 312. The van der Waals surface area contributed by atoms with Crippen LogP contribution in [0.15, 0.2) is 0 Å². The van der Waals surface area contributed by atoms with Crippen molar-refractivity contribution >= 4 is 0 Å². The Morgan fingerprint density at radius 3 is 2.43 bits per heavy atom. The van der Waals surface area contributed by atoms with E-state index in [1.54, 1.807) is 0 Å². The van der Waals surface area contributed by atoms with E-state index in [2.05, 4.69) is 28.5 Å². The summed E-state index contributed by atoms with van der Waals surface area (Å²) in [6, 6.07) is 1.70. The number of nitrogens with zero attached hydrogens (tertiary/aromatic N) is 3. The van der Waals surface area contributed by atoms with Crippen molar-refractivity contribution in [2.45, 2.75) is 64.5 Å². The van der Waals surface area contributed by atoms with E-state index >= 15 is 0 Å². The Morgan fingerprint density at radius 2 is 1.71 bits per heavy atom. The highest BCUT2D eigenvalue weighted by molar-refractivity contribution is 4.91. The van der Waals surface area contributed by atoms with Crippen LogP contribution in [0.2, 0.25) is 0 Å². The lowest BCUT2D eigenvalue weighted by molar-refractivity contribution is -0.00499. The number of fused-ring (bicyclic) bond motifs is 1. The van der Waals surface area contributed by atoms with Crippen molar-refractivity contribution in [3.05, 3.63) is 0 Å². The molecule has 3 heteroatoms. The molecule has 3 heterocycles. The molecule has 0 amide bonds. The molecule has 0 spiro atoms. The van der Waals surface area contributed by atoms with Crippen LogP contribution in [0.3, 0.4) is 0 Å². The van der Waals surface area contributed by atoms with Crippen molar-refractivity contribution < 1.29 is 0 Å². The Hall–Kier alpha value is -0.120. The topological polar surface area (TPSA) is 9.72 Å². The number of rotatable bonds is 4. The maximum Gasteiger partial charge on any atom is 0.0223 e. The Balaban J connectivity index is 1.53. The zero-order valence-electron chi connectivity index (χ0n) is 14.3. The quantitative estimate of drug-likeness (QED) is 0.789. The minimum absolute atomic E-state index is 0.823. The van der Waals surface area contributed by atoms with E-state index in [1.165, 1.54) is 84.3 Å². The third kappa shape index (κ3) is 3.80. The monoisotopic (exact) mass is 293 g/mol. The predicted molar refractivity (Wildman–Crippen MR) is 89.7 cm³/mol. The highest BCUT2D eigenvalue weighted by Crippen LogP contribution is 2.27. The smallest absolute Gasteiger partial charge is 0.0223 e. The second kappa shape index (κ2) is 7.43. The molecule has 0 aromatic rings. The number of likely N-dealkylation sites (tertiary alicyclic amines) is 1. The molecule has 3 aliphatic heterocycles. The summed E-state index contributed by atoms with van der Waals surface area (Å²) in [5.41, 5.74) is 0. The molecule has 122 valence electrons. The molecule has 3 aliphatic rings. The van der Waals surface area contributed by atoms with Gasteiger partial charge in [-0.3, -0.25) is 9.80 Å². The van der Waals surface area contributed by atoms with Crippen molar-refractivity contribution in [2.24, 2.45) is 5.92 Å². The predicted octanol–water partition coefficient (Wildman–Crippen LogP) is 2.67. The van der Waals surface area contributed by atoms with Gasteiger partial charge in [-0.05, 0) is 64.2 Å². The van der Waals surface area contributed by atoms with Gasteiger partial charge in [-0.25, -0.2) is 0 Å². The van der Waals surface area contributed by atoms with Gasteiger partial charge in [0.1, 0.15) is 0 Å². The summed E-state index contributed by atoms with van der Waals surface area (Å²) in [6.07, 6.45) is 8.52. The fourth-order valence-electron chi connectivity index (χ4n) is 4.74. The molecular weight excluding hydrogens is 258 g/mol. The van der Waals surface area contributed by atoms with Gasteiger partial charge < -0.3 is 4.90 Å². The van der Waals surface area contributed by atoms with Gasteiger partial charge in [0, 0.05) is 31.7 Å². The fraction of sp³-hybridized carbons (Fsp3) is 1.00. The summed E-state index contributed by atoms with van der Waals surface area (Å²) >= 11 is 0. The molecule has 0 saturated carbocycles. The van der Waals surface area contributed by atoms with Crippen molar-refractivity contribution in [3.63, 3.8) is 0 Å². The number of hydrogen-bond donors (Lipinski definition) is 0. The average molecular weight is 293 g/mol. The van der Waals surface area contributed by atoms with E-state index in [1.807, 2.05) is 0 Å². The van der Waals surface area contributed by atoms with Crippen molar-refractivity contribution in [1.82, 2.24) is 14.7 Å². The normalized spacial score (nSPS) is 34.0. The van der Waals surface area contributed by atoms with Crippen LogP contribution in [0.4, 0.5) is 0 Å². The molecule has 3 nitrogen and oxygen atoms in total. The second-order valence-corrected chi connectivity index (χ2v) is 7.54. The minimum Gasteiger partial charge on any atom is -0.304 e. The molecule has 3 rings (SSSR count). The first-order valence-corrected chi connectivity index (χ1v) is 9.50. The highest BCUT2D eigenvalue weighted by atomic mass is 15.3. The lowest BCUT2D eigenvalue weighted by Crippen LogP contribution is -2.60. The Morgan fingerprint density at radius 1 is 0.905 bits per heavy atom. The van der Waals surface area contributed by atoms with E-state index < -0.39 is 0 Å². The second-order valence-electron chi connectivity index (χ2n) is 7.54. The van der Waals surface area contributed by atoms with E-state index in [4.69, 9.17) is 0 Å². The van der Waals surface area contributed by atoms with Crippen LogP contribution >= 0.6 is 0 Å². The minimum atomic E-state index is 0.823. The zero-order chi connectivity index (χ0) is 14.7. The van der Waals surface area contributed by atoms with Gasteiger partial charge in [0.05, 0.1) is 0 Å². The van der Waals surface area contributed by atoms with Gasteiger partial charge in [-0.15, -0.1) is 0 Å². The summed E-state index contributed by atoms with van der Waals surface area (Å²) < 4.78 is 0. The van der Waals surface area contributed by atoms with Gasteiger partial charge in [0.25, 0.3) is 0 Å². The van der Waals surface area contributed by atoms with Crippen LogP contribution in [-0.2, 0) is 0 Å². The summed E-state index contributed by atoms with van der Waals surface area (Å²) in [5.74, 6) is 0.956. The van der Waals surface area contributed by atoms with Gasteiger partial charge in [-0.2, -0.15) is 0 Å². The fourth-order valence-corrected chi connectivity index (χ4v) is 4.74. The molecule has 0 N–H and O–H groups in total. The maximum absolute atomic E-state index is 2.87. The molecule has 3 fully saturated rings. The van der Waals surface area contributed by atoms with Crippen molar-refractivity contribution in [1.29, 1.82) is 0 Å². The molecule has 0 radical (unpaired) electrons. The van der Waals surface area contributed by atoms with Crippen LogP contribution < -0.4 is 0 Å². The third-order valence-corrected chi connectivity index (χ3v) is 6.27. The summed E-state index contributed by atoms with van der Waals surface area (Å²) in [4.78, 5) is 8.29. The molecule has 0 aromatic heterocycles. The van der Waals surface area contributed by atoms with Crippen molar-refractivity contribution in [3.8, 4) is 0 Å². The van der Waals surface area contributed by atoms with Gasteiger partial charge in [-0.1, -0.05) is 20.3 Å². The lowest BCUT2D eigenvalue weighted by atomic mass is 9.92. The summed E-state index contributed by atoms with van der Waals surface area (Å²) in [7, 11) is 0. The van der Waals surface area contributed by atoms with E-state index in [9.17, 15) is 0 Å². The first-order chi connectivity index (χ1) is 10.3. The summed E-state index contributed by atoms with van der Waals surface area (Å²) in [5, 5.41) is 0. The molecule has 0 bridgehead atoms. The molecule has 2 atom stereocenters. The average Bonchev–Trinajstić information content (AvgIpc) is 2.55. The van der Waals surface area contributed by atoms with Crippen LogP contribution in [-0.4, -0.2) is 72.6 Å². The zero-order valence-corrected chi connectivity index (χ0v) is 14.3. The lowest BCUT2D eigenvalue weighted by Gasteiger charge is -2.49. The van der Waals surface area contributed by atoms with Gasteiger partial charge in [0.15, 0.2) is 0 Å². The van der Waals surface area contributed by atoms with E-state index in [0.29, 0.717) is 0 Å². The highest BCUT2D eigenvalue weighted by Gasteiger charge is 2.35. The van der Waals surface area contributed by atoms with Crippen molar-refractivity contribution in [2.75, 3.05) is 45.8 Å².